The van der Waals surface area contributed by atoms with Crippen LogP contribution in [0.25, 0.3) is 0 Å². The van der Waals surface area contributed by atoms with Crippen LogP contribution in [-0.2, 0) is 18.4 Å². The van der Waals surface area contributed by atoms with Crippen molar-refractivity contribution in [1.29, 1.82) is 0 Å². The number of thiophene rings is 2. The highest BCUT2D eigenvalue weighted by molar-refractivity contribution is 7.14. The molecule has 2 N–H and O–H groups in total. The summed E-state index contributed by atoms with van der Waals surface area (Å²) in [6, 6.07) is 5.79. The molecule has 0 fully saturated rings. The Bertz CT molecular complexity index is 592. The van der Waals surface area contributed by atoms with E-state index in [0.29, 0.717) is 0 Å². The molecule has 3 nitrogen and oxygen atoms in total. The second-order valence-electron chi connectivity index (χ2n) is 5.35. The molecule has 0 saturated carbocycles. The molecule has 20 heavy (non-hydrogen) atoms. The summed E-state index contributed by atoms with van der Waals surface area (Å²) in [6.07, 6.45) is 3.39. The molecule has 2 aromatic rings. The normalized spacial score (nSPS) is 16.7. The second-order valence-corrected chi connectivity index (χ2v) is 7.43. The van der Waals surface area contributed by atoms with Gasteiger partial charge in [-0.2, -0.15) is 0 Å². The van der Waals surface area contributed by atoms with E-state index in [1.54, 1.807) is 18.3 Å². The van der Waals surface area contributed by atoms with Crippen molar-refractivity contribution in [3.05, 3.63) is 43.8 Å². The number of rotatable bonds is 4. The number of aryl methyl sites for hydroxylation is 2. The van der Waals surface area contributed by atoms with Crippen LogP contribution in [0.4, 0.5) is 0 Å². The van der Waals surface area contributed by atoms with Crippen molar-refractivity contribution < 1.29 is 9.90 Å². The van der Waals surface area contributed by atoms with Crippen molar-refractivity contribution in [3.8, 4) is 0 Å². The molecule has 1 aliphatic carbocycles. The summed E-state index contributed by atoms with van der Waals surface area (Å²) in [5, 5.41) is 15.2. The molecule has 2 aromatic heterocycles. The Morgan fingerprint density at radius 1 is 1.50 bits per heavy atom. The van der Waals surface area contributed by atoms with Gasteiger partial charge in [-0.3, -0.25) is 4.79 Å². The van der Waals surface area contributed by atoms with Crippen molar-refractivity contribution >= 4 is 28.6 Å². The molecule has 1 atom stereocenters. The molecule has 0 saturated heterocycles. The van der Waals surface area contributed by atoms with E-state index in [0.717, 1.165) is 22.6 Å². The van der Waals surface area contributed by atoms with Crippen LogP contribution in [0.3, 0.4) is 0 Å². The van der Waals surface area contributed by atoms with Crippen LogP contribution >= 0.6 is 22.7 Å². The minimum atomic E-state index is -1.01. The molecule has 2 heterocycles. The van der Waals surface area contributed by atoms with E-state index in [1.807, 2.05) is 23.6 Å². The number of aliphatic hydroxyl groups is 1. The highest BCUT2D eigenvalue weighted by Crippen LogP contribution is 2.30. The fourth-order valence-electron chi connectivity index (χ4n) is 2.45. The number of hydrogen-bond acceptors (Lipinski definition) is 4. The fourth-order valence-corrected chi connectivity index (χ4v) is 4.41. The van der Waals surface area contributed by atoms with Crippen molar-refractivity contribution in [2.45, 2.75) is 31.8 Å². The minimum absolute atomic E-state index is 0.0822. The third kappa shape index (κ3) is 2.66. The maximum atomic E-state index is 12.2. The van der Waals surface area contributed by atoms with Crippen molar-refractivity contribution in [3.63, 3.8) is 0 Å². The van der Waals surface area contributed by atoms with Gasteiger partial charge in [0.25, 0.3) is 5.91 Å². The summed E-state index contributed by atoms with van der Waals surface area (Å²) in [6.45, 7) is 1.96. The van der Waals surface area contributed by atoms with E-state index in [9.17, 15) is 9.90 Å². The molecule has 1 aliphatic rings. The molecule has 1 amide bonds. The predicted octanol–water partition coefficient (Wildman–Crippen LogP) is 2.94. The van der Waals surface area contributed by atoms with Gasteiger partial charge < -0.3 is 10.4 Å². The number of carbonyl (C=O) groups is 1. The molecule has 0 radical (unpaired) electrons. The zero-order chi connectivity index (χ0) is 14.2. The van der Waals surface area contributed by atoms with Crippen LogP contribution in [0.2, 0.25) is 0 Å². The lowest BCUT2D eigenvalue weighted by atomic mass is 10.1. The van der Waals surface area contributed by atoms with E-state index in [-0.39, 0.29) is 12.5 Å². The molecule has 0 aromatic carbocycles. The maximum Gasteiger partial charge on any atom is 0.261 e. The summed E-state index contributed by atoms with van der Waals surface area (Å²) in [7, 11) is 0. The number of hydrogen-bond donors (Lipinski definition) is 2. The van der Waals surface area contributed by atoms with Gasteiger partial charge in [0.05, 0.1) is 11.4 Å². The Hall–Kier alpha value is -1.17. The lowest BCUT2D eigenvalue weighted by Gasteiger charge is -2.22. The molecule has 106 valence electrons. The first kappa shape index (κ1) is 13.8. The number of nitrogens with one attached hydrogen (secondary N) is 1. The van der Waals surface area contributed by atoms with Gasteiger partial charge in [-0.05, 0) is 49.3 Å². The monoisotopic (exact) mass is 307 g/mol. The molecular weight excluding hydrogens is 290 g/mol. The van der Waals surface area contributed by atoms with Gasteiger partial charge in [0, 0.05) is 9.75 Å². The van der Waals surface area contributed by atoms with E-state index < -0.39 is 5.60 Å². The zero-order valence-electron chi connectivity index (χ0n) is 11.3. The Labute approximate surface area is 126 Å². The van der Waals surface area contributed by atoms with E-state index >= 15 is 0 Å². The van der Waals surface area contributed by atoms with Gasteiger partial charge in [-0.1, -0.05) is 6.07 Å². The first-order chi connectivity index (χ1) is 9.56. The summed E-state index contributed by atoms with van der Waals surface area (Å²) in [5.41, 5.74) is 0.314. The largest absolute Gasteiger partial charge is 0.383 e. The lowest BCUT2D eigenvalue weighted by molar-refractivity contribution is 0.0558. The Morgan fingerprint density at radius 2 is 2.35 bits per heavy atom. The van der Waals surface area contributed by atoms with Gasteiger partial charge in [0.2, 0.25) is 0 Å². The first-order valence-corrected chi connectivity index (χ1v) is 8.42. The average Bonchev–Trinajstić information content (AvgIpc) is 3.10. The van der Waals surface area contributed by atoms with Gasteiger partial charge in [0.1, 0.15) is 5.60 Å². The number of amides is 1. The second kappa shape index (κ2) is 5.31. The Balaban J connectivity index is 1.64. The fraction of sp³-hybridized carbons (Fsp3) is 0.400. The van der Waals surface area contributed by atoms with Gasteiger partial charge in [0.15, 0.2) is 0 Å². The predicted molar refractivity (Wildman–Crippen MR) is 82.6 cm³/mol. The molecule has 1 unspecified atom stereocenters. The highest BCUT2D eigenvalue weighted by atomic mass is 32.1. The quantitative estimate of drug-likeness (QED) is 0.912. The van der Waals surface area contributed by atoms with E-state index in [2.05, 4.69) is 5.32 Å². The van der Waals surface area contributed by atoms with Crippen molar-refractivity contribution in [1.82, 2.24) is 5.32 Å². The van der Waals surface area contributed by atoms with Crippen LogP contribution in [0, 0.1) is 0 Å². The summed E-state index contributed by atoms with van der Waals surface area (Å²) in [5.74, 6) is -0.0822. The molecule has 0 spiro atoms. The molecule has 3 rings (SSSR count). The molecular formula is C15H17NO2S2. The summed E-state index contributed by atoms with van der Waals surface area (Å²) in [4.78, 5) is 15.1. The minimum Gasteiger partial charge on any atom is -0.383 e. The number of carbonyl (C=O) groups excluding carboxylic acids is 1. The maximum absolute atomic E-state index is 12.2. The van der Waals surface area contributed by atoms with Crippen LogP contribution in [0.15, 0.2) is 23.6 Å². The van der Waals surface area contributed by atoms with Crippen LogP contribution < -0.4 is 5.32 Å². The Kier molecular flexibility index (Phi) is 3.67. The van der Waals surface area contributed by atoms with Gasteiger partial charge >= 0.3 is 0 Å². The van der Waals surface area contributed by atoms with Gasteiger partial charge in [-0.15, -0.1) is 22.7 Å². The number of fused-ring (bicyclic) bond motifs is 1. The van der Waals surface area contributed by atoms with Crippen LogP contribution in [0.1, 0.15) is 38.3 Å². The van der Waals surface area contributed by atoms with E-state index in [1.165, 1.54) is 28.2 Å². The summed E-state index contributed by atoms with van der Waals surface area (Å²) >= 11 is 3.09. The Morgan fingerprint density at radius 3 is 3.05 bits per heavy atom. The first-order valence-electron chi connectivity index (χ1n) is 6.72. The zero-order valence-corrected chi connectivity index (χ0v) is 12.9. The average molecular weight is 307 g/mol. The molecule has 0 bridgehead atoms. The summed E-state index contributed by atoms with van der Waals surface area (Å²) < 4.78 is 0. The standard InChI is InChI=1S/C15H17NO2S2/c1-15(18,13-6-3-7-19-13)9-16-14(17)12-8-10-4-2-5-11(10)20-12/h3,6-8,18H,2,4-5,9H2,1H3,(H,16,17). The van der Waals surface area contributed by atoms with Gasteiger partial charge in [-0.25, -0.2) is 0 Å². The van der Waals surface area contributed by atoms with Crippen LogP contribution in [-0.4, -0.2) is 17.6 Å². The molecule has 5 heteroatoms. The highest BCUT2D eigenvalue weighted by Gasteiger charge is 2.26. The topological polar surface area (TPSA) is 49.3 Å². The third-order valence-corrected chi connectivity index (χ3v) is 5.97. The lowest BCUT2D eigenvalue weighted by Crippen LogP contribution is -2.37. The van der Waals surface area contributed by atoms with Crippen molar-refractivity contribution in [2.24, 2.45) is 0 Å². The third-order valence-electron chi connectivity index (χ3n) is 3.62. The van der Waals surface area contributed by atoms with E-state index in [4.69, 9.17) is 0 Å². The van der Waals surface area contributed by atoms with Crippen LogP contribution in [0.5, 0.6) is 0 Å². The molecule has 0 aliphatic heterocycles. The SMILES string of the molecule is CC(O)(CNC(=O)c1cc2c(s1)CCC2)c1cccs1. The smallest absolute Gasteiger partial charge is 0.261 e. The van der Waals surface area contributed by atoms with Crippen molar-refractivity contribution in [2.75, 3.05) is 6.54 Å².